The van der Waals surface area contributed by atoms with Gasteiger partial charge in [-0.2, -0.15) is 0 Å². The third-order valence-electron chi connectivity index (χ3n) is 2.48. The van der Waals surface area contributed by atoms with Crippen LogP contribution in [0.1, 0.15) is 33.6 Å². The minimum Gasteiger partial charge on any atom is -0.488 e. The lowest BCUT2D eigenvalue weighted by atomic mass is 10.2. The zero-order valence-corrected chi connectivity index (χ0v) is 11.5. The first-order valence-electron chi connectivity index (χ1n) is 6.40. The van der Waals surface area contributed by atoms with Crippen molar-refractivity contribution in [1.82, 2.24) is 0 Å². The fourth-order valence-corrected chi connectivity index (χ4v) is 1.50. The number of amides is 1. The number of hydrogen-bond acceptors (Lipinski definition) is 4. The highest BCUT2D eigenvalue weighted by molar-refractivity contribution is 5.85. The van der Waals surface area contributed by atoms with Crippen molar-refractivity contribution >= 4 is 17.5 Å². The molecule has 0 radical (unpaired) electrons. The van der Waals surface area contributed by atoms with E-state index < -0.39 is 11.7 Å². The summed E-state index contributed by atoms with van der Waals surface area (Å²) in [5, 5.41) is 2.66. The van der Waals surface area contributed by atoms with Crippen LogP contribution in [0.15, 0.2) is 18.2 Å². The summed E-state index contributed by atoms with van der Waals surface area (Å²) in [7, 11) is 0. The molecule has 5 nitrogen and oxygen atoms in total. The van der Waals surface area contributed by atoms with E-state index >= 15 is 0 Å². The van der Waals surface area contributed by atoms with Crippen LogP contribution in [0.5, 0.6) is 5.75 Å². The maximum atomic E-state index is 11.7. The number of nitrogens with two attached hydrogens (primary N) is 1. The van der Waals surface area contributed by atoms with Gasteiger partial charge in [-0.05, 0) is 45.7 Å². The van der Waals surface area contributed by atoms with Crippen molar-refractivity contribution in [2.45, 2.75) is 45.3 Å². The lowest BCUT2D eigenvalue weighted by Gasteiger charge is -2.20. The third kappa shape index (κ3) is 4.35. The normalized spacial score (nSPS) is 14.9. The van der Waals surface area contributed by atoms with Gasteiger partial charge in [-0.15, -0.1) is 0 Å². The van der Waals surface area contributed by atoms with Crippen LogP contribution in [0.25, 0.3) is 0 Å². The maximum absolute atomic E-state index is 11.7. The van der Waals surface area contributed by atoms with Gasteiger partial charge in [0, 0.05) is 11.8 Å². The number of carbonyl (C=O) groups is 1. The Hall–Kier alpha value is -1.91. The lowest BCUT2D eigenvalue weighted by Crippen LogP contribution is -2.27. The minimum absolute atomic E-state index is 0.263. The molecule has 0 heterocycles. The van der Waals surface area contributed by atoms with Gasteiger partial charge in [-0.25, -0.2) is 4.79 Å². The molecule has 0 aromatic heterocycles. The largest absolute Gasteiger partial charge is 0.488 e. The van der Waals surface area contributed by atoms with Crippen LogP contribution in [-0.2, 0) is 4.74 Å². The van der Waals surface area contributed by atoms with Gasteiger partial charge < -0.3 is 15.2 Å². The quantitative estimate of drug-likeness (QED) is 0.822. The van der Waals surface area contributed by atoms with Gasteiger partial charge in [0.15, 0.2) is 0 Å². The number of nitrogens with one attached hydrogen (secondary N) is 1. The number of hydrogen-bond donors (Lipinski definition) is 2. The summed E-state index contributed by atoms with van der Waals surface area (Å²) in [6.07, 6.45) is 1.89. The molecule has 3 N–H and O–H groups in total. The Labute approximate surface area is 113 Å². The van der Waals surface area contributed by atoms with Crippen LogP contribution < -0.4 is 15.8 Å². The molecule has 0 atom stereocenters. The number of nitrogen functional groups attached to an aromatic ring is 1. The molecular weight excluding hydrogens is 244 g/mol. The predicted octanol–water partition coefficient (Wildman–Crippen LogP) is 3.16. The molecule has 0 unspecified atom stereocenters. The number of benzene rings is 1. The van der Waals surface area contributed by atoms with E-state index in [0.717, 1.165) is 12.8 Å². The molecule has 0 aliphatic heterocycles. The highest BCUT2D eigenvalue weighted by Crippen LogP contribution is 2.32. The van der Waals surface area contributed by atoms with Crippen molar-refractivity contribution < 1.29 is 14.3 Å². The molecule has 0 spiro atoms. The van der Waals surface area contributed by atoms with Crippen molar-refractivity contribution in [2.24, 2.45) is 0 Å². The Kier molecular flexibility index (Phi) is 3.55. The molecule has 104 valence electrons. The molecule has 1 fully saturated rings. The molecule has 0 saturated heterocycles. The lowest BCUT2D eigenvalue weighted by molar-refractivity contribution is 0.0636. The van der Waals surface area contributed by atoms with Crippen molar-refractivity contribution in [3.8, 4) is 5.75 Å². The number of ether oxygens (including phenoxy) is 2. The van der Waals surface area contributed by atoms with Gasteiger partial charge in [0.25, 0.3) is 0 Å². The van der Waals surface area contributed by atoms with Crippen molar-refractivity contribution in [1.29, 1.82) is 0 Å². The number of carbonyl (C=O) groups excluding carboxylic acids is 1. The fourth-order valence-electron chi connectivity index (χ4n) is 1.50. The number of anilines is 2. The summed E-state index contributed by atoms with van der Waals surface area (Å²) in [6, 6.07) is 5.15. The standard InChI is InChI=1S/C14H20N2O3/c1-14(2,3)19-13(17)16-9-4-7-11(15)12(8-9)18-10-5-6-10/h4,7-8,10H,5-6,15H2,1-3H3,(H,16,17). The second kappa shape index (κ2) is 4.99. The van der Waals surface area contributed by atoms with Gasteiger partial charge >= 0.3 is 6.09 Å². The van der Waals surface area contributed by atoms with Crippen LogP contribution in [0, 0.1) is 0 Å². The van der Waals surface area contributed by atoms with E-state index in [1.54, 1.807) is 18.2 Å². The van der Waals surface area contributed by atoms with E-state index in [9.17, 15) is 4.79 Å². The summed E-state index contributed by atoms with van der Waals surface area (Å²) in [4.78, 5) is 11.7. The van der Waals surface area contributed by atoms with E-state index in [1.165, 1.54) is 0 Å². The predicted molar refractivity (Wildman–Crippen MR) is 74.4 cm³/mol. The van der Waals surface area contributed by atoms with E-state index in [1.807, 2.05) is 20.8 Å². The second-order valence-electron chi connectivity index (χ2n) is 5.70. The number of rotatable bonds is 3. The van der Waals surface area contributed by atoms with Crippen LogP contribution >= 0.6 is 0 Å². The third-order valence-corrected chi connectivity index (χ3v) is 2.48. The van der Waals surface area contributed by atoms with Crippen molar-refractivity contribution in [3.05, 3.63) is 18.2 Å². The molecule has 5 heteroatoms. The molecule has 1 amide bonds. The Morgan fingerprint density at radius 2 is 2.05 bits per heavy atom. The molecule has 19 heavy (non-hydrogen) atoms. The van der Waals surface area contributed by atoms with Crippen molar-refractivity contribution in [2.75, 3.05) is 11.1 Å². The Morgan fingerprint density at radius 1 is 1.37 bits per heavy atom. The van der Waals surface area contributed by atoms with Gasteiger partial charge in [-0.1, -0.05) is 0 Å². The van der Waals surface area contributed by atoms with Gasteiger partial charge in [0.05, 0.1) is 11.8 Å². The van der Waals surface area contributed by atoms with Crippen LogP contribution in [0.4, 0.5) is 16.2 Å². The summed E-state index contributed by atoms with van der Waals surface area (Å²) < 4.78 is 10.8. The SMILES string of the molecule is CC(C)(C)OC(=O)Nc1ccc(N)c(OC2CC2)c1. The zero-order chi connectivity index (χ0) is 14.0. The first-order valence-corrected chi connectivity index (χ1v) is 6.40. The molecule has 1 aromatic carbocycles. The average Bonchev–Trinajstić information content (AvgIpc) is 3.04. The topological polar surface area (TPSA) is 73.6 Å². The first kappa shape index (κ1) is 13.5. The maximum Gasteiger partial charge on any atom is 0.412 e. The molecule has 0 bridgehead atoms. The van der Waals surface area contributed by atoms with Gasteiger partial charge in [-0.3, -0.25) is 5.32 Å². The fraction of sp³-hybridized carbons (Fsp3) is 0.500. The molecule has 1 aromatic rings. The van der Waals surface area contributed by atoms with E-state index in [-0.39, 0.29) is 6.10 Å². The minimum atomic E-state index is -0.523. The molecule has 2 rings (SSSR count). The first-order chi connectivity index (χ1) is 8.83. The Bertz CT molecular complexity index is 476. The zero-order valence-electron chi connectivity index (χ0n) is 11.5. The van der Waals surface area contributed by atoms with E-state index in [2.05, 4.69) is 5.32 Å². The molecular formula is C14H20N2O3. The molecule has 1 aliphatic carbocycles. The summed E-state index contributed by atoms with van der Waals surface area (Å²) in [5.74, 6) is 0.607. The highest BCUT2D eigenvalue weighted by Gasteiger charge is 2.24. The van der Waals surface area contributed by atoms with Crippen LogP contribution in [0.3, 0.4) is 0 Å². The molecule has 1 aliphatic rings. The summed E-state index contributed by atoms with van der Waals surface area (Å²) >= 11 is 0. The average molecular weight is 264 g/mol. The Morgan fingerprint density at radius 3 is 2.63 bits per heavy atom. The summed E-state index contributed by atoms with van der Waals surface area (Å²) in [6.45, 7) is 5.45. The van der Waals surface area contributed by atoms with Crippen LogP contribution in [0.2, 0.25) is 0 Å². The second-order valence-corrected chi connectivity index (χ2v) is 5.70. The summed E-state index contributed by atoms with van der Waals surface area (Å²) in [5.41, 5.74) is 6.49. The van der Waals surface area contributed by atoms with E-state index in [4.69, 9.17) is 15.2 Å². The monoisotopic (exact) mass is 264 g/mol. The Balaban J connectivity index is 2.01. The van der Waals surface area contributed by atoms with Gasteiger partial charge in [0.1, 0.15) is 11.4 Å². The molecule has 1 saturated carbocycles. The van der Waals surface area contributed by atoms with Crippen LogP contribution in [-0.4, -0.2) is 17.8 Å². The smallest absolute Gasteiger partial charge is 0.412 e. The highest BCUT2D eigenvalue weighted by atomic mass is 16.6. The van der Waals surface area contributed by atoms with Gasteiger partial charge in [0.2, 0.25) is 0 Å². The van der Waals surface area contributed by atoms with Crippen molar-refractivity contribution in [3.63, 3.8) is 0 Å². The van der Waals surface area contributed by atoms with E-state index in [0.29, 0.717) is 17.1 Å².